The highest BCUT2D eigenvalue weighted by atomic mass is 19.2. The molecule has 2 aromatic carbocycles. The number of anilines is 2. The molecule has 3 N–H and O–H groups in total. The summed E-state index contributed by atoms with van der Waals surface area (Å²) < 4.78 is 25.8. The van der Waals surface area contributed by atoms with Crippen molar-refractivity contribution >= 4 is 17.3 Å². The maximum Gasteiger partial charge on any atom is 0.255 e. The molecule has 0 atom stereocenters. The van der Waals surface area contributed by atoms with Crippen LogP contribution in [-0.4, -0.2) is 5.91 Å². The minimum Gasteiger partial charge on any atom is -0.399 e. The van der Waals surface area contributed by atoms with Crippen LogP contribution in [0.5, 0.6) is 0 Å². The van der Waals surface area contributed by atoms with Gasteiger partial charge in [-0.05, 0) is 36.4 Å². The van der Waals surface area contributed by atoms with Gasteiger partial charge in [0.2, 0.25) is 0 Å². The number of nitrogens with two attached hydrogens (primary N) is 1. The number of halogens is 2. The topological polar surface area (TPSA) is 78.9 Å². The van der Waals surface area contributed by atoms with E-state index in [1.807, 2.05) is 6.07 Å². The molecule has 0 saturated heterocycles. The molecule has 20 heavy (non-hydrogen) atoms. The Hall–Kier alpha value is -2.94. The van der Waals surface area contributed by atoms with Crippen molar-refractivity contribution in [2.75, 3.05) is 11.1 Å². The first kappa shape index (κ1) is 13.5. The Bertz CT molecular complexity index is 723. The van der Waals surface area contributed by atoms with Crippen LogP contribution in [-0.2, 0) is 0 Å². The summed E-state index contributed by atoms with van der Waals surface area (Å²) in [5.41, 5.74) is 6.29. The SMILES string of the molecule is N#Cc1cc(N)ccc1NC(=O)c1ccc(F)c(F)c1. The Morgan fingerprint density at radius 2 is 1.90 bits per heavy atom. The second-order valence-corrected chi connectivity index (χ2v) is 4.00. The molecule has 0 saturated carbocycles. The number of rotatable bonds is 2. The minimum atomic E-state index is -1.12. The Morgan fingerprint density at radius 3 is 2.55 bits per heavy atom. The molecular formula is C14H9F2N3O. The molecule has 0 fully saturated rings. The van der Waals surface area contributed by atoms with Gasteiger partial charge in [0, 0.05) is 11.3 Å². The third kappa shape index (κ3) is 2.72. The van der Waals surface area contributed by atoms with E-state index in [4.69, 9.17) is 11.0 Å². The summed E-state index contributed by atoms with van der Waals surface area (Å²) in [5.74, 6) is -2.80. The van der Waals surface area contributed by atoms with Gasteiger partial charge in [-0.25, -0.2) is 8.78 Å². The summed E-state index contributed by atoms with van der Waals surface area (Å²) in [6.07, 6.45) is 0. The number of nitriles is 1. The van der Waals surface area contributed by atoms with Crippen LogP contribution in [0.4, 0.5) is 20.2 Å². The summed E-state index contributed by atoms with van der Waals surface area (Å²) >= 11 is 0. The predicted octanol–water partition coefficient (Wildman–Crippen LogP) is 2.67. The van der Waals surface area contributed by atoms with Gasteiger partial charge in [0.15, 0.2) is 11.6 Å². The van der Waals surface area contributed by atoms with E-state index < -0.39 is 17.5 Å². The average molecular weight is 273 g/mol. The van der Waals surface area contributed by atoms with Gasteiger partial charge in [0.1, 0.15) is 6.07 Å². The van der Waals surface area contributed by atoms with Crippen LogP contribution in [0.2, 0.25) is 0 Å². The van der Waals surface area contributed by atoms with Gasteiger partial charge in [-0.2, -0.15) is 5.26 Å². The second-order valence-electron chi connectivity index (χ2n) is 4.00. The van der Waals surface area contributed by atoms with Gasteiger partial charge in [-0.3, -0.25) is 4.79 Å². The van der Waals surface area contributed by atoms with Crippen LogP contribution in [0.15, 0.2) is 36.4 Å². The fourth-order valence-electron chi connectivity index (χ4n) is 1.60. The Labute approximate surface area is 113 Å². The molecule has 0 heterocycles. The van der Waals surface area contributed by atoms with Gasteiger partial charge < -0.3 is 11.1 Å². The first-order valence-corrected chi connectivity index (χ1v) is 5.57. The zero-order chi connectivity index (χ0) is 14.7. The molecule has 2 aromatic rings. The van der Waals surface area contributed by atoms with E-state index in [2.05, 4.69) is 5.32 Å². The molecule has 0 aliphatic carbocycles. The Kier molecular flexibility index (Phi) is 3.62. The zero-order valence-electron chi connectivity index (χ0n) is 10.2. The highest BCUT2D eigenvalue weighted by molar-refractivity contribution is 6.05. The number of nitrogens with zero attached hydrogens (tertiary/aromatic N) is 1. The largest absolute Gasteiger partial charge is 0.399 e. The quantitative estimate of drug-likeness (QED) is 0.825. The molecule has 0 unspecified atom stereocenters. The highest BCUT2D eigenvalue weighted by Gasteiger charge is 2.12. The summed E-state index contributed by atoms with van der Waals surface area (Å²) in [6.45, 7) is 0. The van der Waals surface area contributed by atoms with E-state index in [-0.39, 0.29) is 16.8 Å². The molecular weight excluding hydrogens is 264 g/mol. The Balaban J connectivity index is 2.28. The summed E-state index contributed by atoms with van der Waals surface area (Å²) in [6, 6.07) is 9.06. The third-order valence-electron chi connectivity index (χ3n) is 2.59. The first-order valence-electron chi connectivity index (χ1n) is 5.57. The molecule has 0 radical (unpaired) electrons. The molecule has 2 rings (SSSR count). The van der Waals surface area contributed by atoms with E-state index in [1.54, 1.807) is 0 Å². The van der Waals surface area contributed by atoms with Crippen LogP contribution in [0.25, 0.3) is 0 Å². The normalized spacial score (nSPS) is 9.85. The van der Waals surface area contributed by atoms with E-state index in [0.29, 0.717) is 5.69 Å². The molecule has 4 nitrogen and oxygen atoms in total. The van der Waals surface area contributed by atoms with Crippen molar-refractivity contribution in [1.82, 2.24) is 0 Å². The van der Waals surface area contributed by atoms with E-state index >= 15 is 0 Å². The van der Waals surface area contributed by atoms with Crippen LogP contribution < -0.4 is 11.1 Å². The van der Waals surface area contributed by atoms with Crippen LogP contribution >= 0.6 is 0 Å². The maximum absolute atomic E-state index is 13.1. The highest BCUT2D eigenvalue weighted by Crippen LogP contribution is 2.19. The summed E-state index contributed by atoms with van der Waals surface area (Å²) in [7, 11) is 0. The first-order chi connectivity index (χ1) is 9.51. The molecule has 100 valence electrons. The van der Waals surface area contributed by atoms with Crippen molar-refractivity contribution in [3.63, 3.8) is 0 Å². The number of carbonyl (C=O) groups is 1. The Morgan fingerprint density at radius 1 is 1.15 bits per heavy atom. The number of hydrogen-bond donors (Lipinski definition) is 2. The third-order valence-corrected chi connectivity index (χ3v) is 2.59. The molecule has 0 spiro atoms. The lowest BCUT2D eigenvalue weighted by atomic mass is 10.1. The molecule has 6 heteroatoms. The number of amides is 1. The van der Waals surface area contributed by atoms with Crippen molar-refractivity contribution in [3.05, 3.63) is 59.2 Å². The van der Waals surface area contributed by atoms with E-state index in [9.17, 15) is 13.6 Å². The van der Waals surface area contributed by atoms with Crippen molar-refractivity contribution in [1.29, 1.82) is 5.26 Å². The lowest BCUT2D eigenvalue weighted by Crippen LogP contribution is -2.13. The predicted molar refractivity (Wildman–Crippen MR) is 69.9 cm³/mol. The monoisotopic (exact) mass is 273 g/mol. The van der Waals surface area contributed by atoms with Crippen molar-refractivity contribution in [2.45, 2.75) is 0 Å². The fraction of sp³-hybridized carbons (Fsp3) is 0. The van der Waals surface area contributed by atoms with E-state index in [0.717, 1.165) is 18.2 Å². The van der Waals surface area contributed by atoms with Crippen LogP contribution in [0.1, 0.15) is 15.9 Å². The van der Waals surface area contributed by atoms with Gasteiger partial charge >= 0.3 is 0 Å². The number of benzene rings is 2. The number of nitrogen functional groups attached to an aromatic ring is 1. The van der Waals surface area contributed by atoms with Gasteiger partial charge in [0.25, 0.3) is 5.91 Å². The minimum absolute atomic E-state index is 0.0513. The summed E-state index contributed by atoms with van der Waals surface area (Å²) in [4.78, 5) is 11.9. The van der Waals surface area contributed by atoms with Gasteiger partial charge in [0.05, 0.1) is 11.3 Å². The molecule has 1 amide bonds. The molecule has 0 aliphatic heterocycles. The summed E-state index contributed by atoms with van der Waals surface area (Å²) in [5, 5.41) is 11.4. The number of hydrogen-bond acceptors (Lipinski definition) is 3. The fourth-order valence-corrected chi connectivity index (χ4v) is 1.60. The molecule has 0 aromatic heterocycles. The average Bonchev–Trinajstić information content (AvgIpc) is 2.43. The van der Waals surface area contributed by atoms with Crippen molar-refractivity contribution in [2.24, 2.45) is 0 Å². The van der Waals surface area contributed by atoms with Gasteiger partial charge in [-0.1, -0.05) is 0 Å². The van der Waals surface area contributed by atoms with Gasteiger partial charge in [-0.15, -0.1) is 0 Å². The number of nitrogens with one attached hydrogen (secondary N) is 1. The standard InChI is InChI=1S/C14H9F2N3O/c15-11-3-1-8(6-12(11)16)14(20)19-13-4-2-10(18)5-9(13)7-17/h1-6H,18H2,(H,19,20). The smallest absolute Gasteiger partial charge is 0.255 e. The molecule has 0 bridgehead atoms. The zero-order valence-corrected chi connectivity index (χ0v) is 10.2. The van der Waals surface area contributed by atoms with Crippen LogP contribution in [0, 0.1) is 23.0 Å². The van der Waals surface area contributed by atoms with E-state index in [1.165, 1.54) is 18.2 Å². The molecule has 0 aliphatic rings. The maximum atomic E-state index is 13.1. The number of carbonyl (C=O) groups excluding carboxylic acids is 1. The van der Waals surface area contributed by atoms with Crippen molar-refractivity contribution < 1.29 is 13.6 Å². The van der Waals surface area contributed by atoms with Crippen molar-refractivity contribution in [3.8, 4) is 6.07 Å². The second kappa shape index (κ2) is 5.36. The van der Waals surface area contributed by atoms with Crippen LogP contribution in [0.3, 0.4) is 0 Å². The lowest BCUT2D eigenvalue weighted by molar-refractivity contribution is 0.102. The lowest BCUT2D eigenvalue weighted by Gasteiger charge is -2.08.